The third-order valence-corrected chi connectivity index (χ3v) is 5.04. The van der Waals surface area contributed by atoms with E-state index in [1.165, 1.54) is 0 Å². The molecular weight excluding hydrogens is 354 g/mol. The zero-order chi connectivity index (χ0) is 19.3. The molecule has 0 bridgehead atoms. The second-order valence-corrected chi connectivity index (χ2v) is 7.06. The molecule has 0 aliphatic carbocycles. The minimum atomic E-state index is -0.126. The third kappa shape index (κ3) is 4.14. The van der Waals surface area contributed by atoms with E-state index in [4.69, 9.17) is 0 Å². The Labute approximate surface area is 163 Å². The lowest BCUT2D eigenvalue weighted by atomic mass is 10.0. The third-order valence-electron chi connectivity index (χ3n) is 5.04. The number of urea groups is 1. The fourth-order valence-electron chi connectivity index (χ4n) is 3.54. The van der Waals surface area contributed by atoms with Crippen molar-refractivity contribution in [1.29, 1.82) is 0 Å². The van der Waals surface area contributed by atoms with Gasteiger partial charge in [0.1, 0.15) is 0 Å². The number of nitrogens with zero attached hydrogens (tertiary/aromatic N) is 2. The van der Waals surface area contributed by atoms with E-state index in [0.29, 0.717) is 25.2 Å². The number of hydrogen-bond donors (Lipinski definition) is 3. The molecule has 0 spiro atoms. The summed E-state index contributed by atoms with van der Waals surface area (Å²) in [6.45, 7) is 1.61. The molecule has 144 valence electrons. The van der Waals surface area contributed by atoms with Crippen LogP contribution in [0.3, 0.4) is 0 Å². The number of fused-ring (bicyclic) bond motifs is 1. The van der Waals surface area contributed by atoms with E-state index in [9.17, 15) is 9.59 Å². The number of aromatic amines is 1. The molecule has 1 saturated heterocycles. The first-order chi connectivity index (χ1) is 13.7. The van der Waals surface area contributed by atoms with Crippen molar-refractivity contribution in [3.8, 4) is 0 Å². The van der Waals surface area contributed by atoms with Crippen LogP contribution < -0.4 is 10.6 Å². The van der Waals surface area contributed by atoms with E-state index in [1.54, 1.807) is 11.1 Å². The number of aromatic nitrogens is 2. The molecular formula is C21H23N5O2. The number of carbonyl (C=O) groups is 2. The summed E-state index contributed by atoms with van der Waals surface area (Å²) >= 11 is 0. The SMILES string of the molecule is O=C(NC1CCCN(C(=O)NCc2ccn[nH]2)C1)c1ccc2ccccc2c1. The van der Waals surface area contributed by atoms with E-state index >= 15 is 0 Å². The summed E-state index contributed by atoms with van der Waals surface area (Å²) in [5, 5.41) is 14.8. The lowest BCUT2D eigenvalue weighted by molar-refractivity contribution is 0.0910. The minimum absolute atomic E-state index is 0.0503. The predicted octanol–water partition coefficient (Wildman–Crippen LogP) is 2.67. The summed E-state index contributed by atoms with van der Waals surface area (Å²) in [4.78, 5) is 26.8. The van der Waals surface area contributed by atoms with Crippen molar-refractivity contribution < 1.29 is 9.59 Å². The van der Waals surface area contributed by atoms with Gasteiger partial charge in [0.25, 0.3) is 5.91 Å². The van der Waals surface area contributed by atoms with Gasteiger partial charge in [-0.15, -0.1) is 0 Å². The van der Waals surface area contributed by atoms with Crippen LogP contribution in [0.1, 0.15) is 28.9 Å². The van der Waals surface area contributed by atoms with Crippen LogP contribution in [0, 0.1) is 0 Å². The summed E-state index contributed by atoms with van der Waals surface area (Å²) in [6, 6.07) is 15.3. The topological polar surface area (TPSA) is 90.1 Å². The number of amides is 3. The van der Waals surface area contributed by atoms with Gasteiger partial charge in [0.05, 0.1) is 12.2 Å². The van der Waals surface area contributed by atoms with E-state index < -0.39 is 0 Å². The zero-order valence-corrected chi connectivity index (χ0v) is 15.5. The number of piperidine rings is 1. The molecule has 3 N–H and O–H groups in total. The van der Waals surface area contributed by atoms with Crippen LogP contribution in [0.2, 0.25) is 0 Å². The van der Waals surface area contributed by atoms with Gasteiger partial charge in [-0.25, -0.2) is 4.79 Å². The van der Waals surface area contributed by atoms with Crippen molar-refractivity contribution in [2.45, 2.75) is 25.4 Å². The summed E-state index contributed by atoms with van der Waals surface area (Å²) in [5.74, 6) is -0.101. The monoisotopic (exact) mass is 377 g/mol. The van der Waals surface area contributed by atoms with Crippen LogP contribution in [0.25, 0.3) is 10.8 Å². The largest absolute Gasteiger partial charge is 0.348 e. The molecule has 1 unspecified atom stereocenters. The number of rotatable bonds is 4. The fraction of sp³-hybridized carbons (Fsp3) is 0.286. The summed E-state index contributed by atoms with van der Waals surface area (Å²) in [7, 11) is 0. The lowest BCUT2D eigenvalue weighted by Crippen LogP contribution is -2.52. The van der Waals surface area contributed by atoms with Gasteiger partial charge >= 0.3 is 6.03 Å². The molecule has 1 aromatic heterocycles. The highest BCUT2D eigenvalue weighted by molar-refractivity contribution is 5.98. The average Bonchev–Trinajstić information content (AvgIpc) is 3.25. The van der Waals surface area contributed by atoms with Crippen LogP contribution in [-0.2, 0) is 6.54 Å². The number of benzene rings is 2. The molecule has 7 heteroatoms. The van der Waals surface area contributed by atoms with Gasteiger partial charge in [0, 0.05) is 30.9 Å². The molecule has 2 aromatic carbocycles. The summed E-state index contributed by atoms with van der Waals surface area (Å²) in [5.41, 5.74) is 1.49. The Morgan fingerprint density at radius 3 is 2.82 bits per heavy atom. The number of carbonyl (C=O) groups excluding carboxylic acids is 2. The minimum Gasteiger partial charge on any atom is -0.348 e. The molecule has 1 atom stereocenters. The van der Waals surface area contributed by atoms with Crippen molar-refractivity contribution in [2.75, 3.05) is 13.1 Å². The molecule has 7 nitrogen and oxygen atoms in total. The quantitative estimate of drug-likeness (QED) is 0.653. The smallest absolute Gasteiger partial charge is 0.317 e. The Balaban J connectivity index is 1.34. The highest BCUT2D eigenvalue weighted by Gasteiger charge is 2.25. The normalized spacial score (nSPS) is 16.7. The van der Waals surface area contributed by atoms with Crippen LogP contribution in [0.4, 0.5) is 4.79 Å². The van der Waals surface area contributed by atoms with Crippen molar-refractivity contribution in [1.82, 2.24) is 25.7 Å². The zero-order valence-electron chi connectivity index (χ0n) is 15.5. The van der Waals surface area contributed by atoms with Crippen LogP contribution >= 0.6 is 0 Å². The molecule has 3 aromatic rings. The fourth-order valence-corrected chi connectivity index (χ4v) is 3.54. The Kier molecular flexibility index (Phi) is 5.23. The Bertz CT molecular complexity index is 970. The van der Waals surface area contributed by atoms with E-state index in [1.807, 2.05) is 48.5 Å². The molecule has 2 heterocycles. The number of hydrogen-bond acceptors (Lipinski definition) is 3. The van der Waals surface area contributed by atoms with Crippen molar-refractivity contribution in [3.05, 3.63) is 66.0 Å². The molecule has 3 amide bonds. The van der Waals surface area contributed by atoms with Gasteiger partial charge < -0.3 is 15.5 Å². The molecule has 28 heavy (non-hydrogen) atoms. The van der Waals surface area contributed by atoms with Crippen LogP contribution in [0.15, 0.2) is 54.7 Å². The second kappa shape index (κ2) is 8.12. The number of H-pyrrole nitrogens is 1. The first kappa shape index (κ1) is 18.0. The lowest BCUT2D eigenvalue weighted by Gasteiger charge is -2.33. The van der Waals surface area contributed by atoms with E-state index in [2.05, 4.69) is 20.8 Å². The first-order valence-electron chi connectivity index (χ1n) is 9.50. The van der Waals surface area contributed by atoms with Gasteiger partial charge in [-0.3, -0.25) is 9.89 Å². The van der Waals surface area contributed by atoms with Gasteiger partial charge in [-0.05, 0) is 41.8 Å². The molecule has 1 aliphatic heterocycles. The van der Waals surface area contributed by atoms with Crippen LogP contribution in [-0.4, -0.2) is 46.2 Å². The molecule has 1 fully saturated rings. The standard InChI is InChI=1S/C21H23N5O2/c27-20(17-8-7-15-4-1-2-5-16(15)12-17)24-19-6-3-11-26(14-19)21(28)22-13-18-9-10-23-25-18/h1-2,4-5,7-10,12,19H,3,6,11,13-14H2,(H,22,28)(H,23,25)(H,24,27). The Morgan fingerprint density at radius 2 is 2.00 bits per heavy atom. The maximum Gasteiger partial charge on any atom is 0.317 e. The average molecular weight is 377 g/mol. The second-order valence-electron chi connectivity index (χ2n) is 7.06. The molecule has 0 radical (unpaired) electrons. The highest BCUT2D eigenvalue weighted by atomic mass is 16.2. The Hall–Kier alpha value is -3.35. The first-order valence-corrected chi connectivity index (χ1v) is 9.50. The molecule has 0 saturated carbocycles. The van der Waals surface area contributed by atoms with Crippen LogP contribution in [0.5, 0.6) is 0 Å². The molecule has 4 rings (SSSR count). The van der Waals surface area contributed by atoms with Gasteiger partial charge in [0.15, 0.2) is 0 Å². The predicted molar refractivity (Wildman–Crippen MR) is 107 cm³/mol. The summed E-state index contributed by atoms with van der Waals surface area (Å²) < 4.78 is 0. The van der Waals surface area contributed by atoms with Gasteiger partial charge in [-0.2, -0.15) is 5.10 Å². The summed E-state index contributed by atoms with van der Waals surface area (Å²) in [6.07, 6.45) is 3.38. The van der Waals surface area contributed by atoms with Gasteiger partial charge in [-0.1, -0.05) is 30.3 Å². The van der Waals surface area contributed by atoms with Crippen molar-refractivity contribution in [3.63, 3.8) is 0 Å². The van der Waals surface area contributed by atoms with Gasteiger partial charge in [0.2, 0.25) is 0 Å². The van der Waals surface area contributed by atoms with E-state index in [-0.39, 0.29) is 18.0 Å². The Morgan fingerprint density at radius 1 is 1.14 bits per heavy atom. The van der Waals surface area contributed by atoms with E-state index in [0.717, 1.165) is 29.3 Å². The number of nitrogens with one attached hydrogen (secondary N) is 3. The number of likely N-dealkylation sites (tertiary alicyclic amines) is 1. The maximum atomic E-state index is 12.7. The maximum absolute atomic E-state index is 12.7. The molecule has 1 aliphatic rings. The van der Waals surface area contributed by atoms with Crippen molar-refractivity contribution in [2.24, 2.45) is 0 Å². The highest BCUT2D eigenvalue weighted by Crippen LogP contribution is 2.17. The van der Waals surface area contributed by atoms with Crippen molar-refractivity contribution >= 4 is 22.7 Å².